The molecule has 5 heterocycles. The number of morpholine rings is 1. The first kappa shape index (κ1) is 24.8. The maximum atomic E-state index is 13.4. The summed E-state index contributed by atoms with van der Waals surface area (Å²) in [5, 5.41) is 0.414. The first-order chi connectivity index (χ1) is 18.5. The smallest absolute Gasteiger partial charge is 0.264 e. The SMILES string of the molecule is Cc1c(C(=O)N2CCN(Cc3ccc4c(c3)OCO4)CC2)sc2ncn(CC(=O)N3CCOCC3)c(=O)c12. The average molecular weight is 540 g/mol. The number of ether oxygens (including phenoxy) is 3. The molecule has 12 heteroatoms. The molecule has 3 aliphatic rings. The highest BCUT2D eigenvalue weighted by molar-refractivity contribution is 7.20. The highest BCUT2D eigenvalue weighted by atomic mass is 32.1. The number of piperazine rings is 1. The van der Waals surface area contributed by atoms with Crippen LogP contribution in [0.5, 0.6) is 11.5 Å². The zero-order chi connectivity index (χ0) is 26.2. The Labute approximate surface area is 223 Å². The molecule has 0 saturated carbocycles. The molecule has 0 bridgehead atoms. The molecule has 0 spiro atoms. The predicted molar refractivity (Wildman–Crippen MR) is 140 cm³/mol. The summed E-state index contributed by atoms with van der Waals surface area (Å²) in [6, 6.07) is 5.98. The van der Waals surface area contributed by atoms with Crippen molar-refractivity contribution >= 4 is 33.4 Å². The number of carbonyl (C=O) groups is 2. The van der Waals surface area contributed by atoms with Gasteiger partial charge in [0.1, 0.15) is 11.4 Å². The Bertz CT molecular complexity index is 1440. The van der Waals surface area contributed by atoms with Gasteiger partial charge < -0.3 is 24.0 Å². The number of carbonyl (C=O) groups excluding carboxylic acids is 2. The van der Waals surface area contributed by atoms with Crippen LogP contribution in [0.3, 0.4) is 0 Å². The van der Waals surface area contributed by atoms with Crippen LogP contribution in [0.25, 0.3) is 10.2 Å². The normalized spacial score (nSPS) is 17.8. The fraction of sp³-hybridized carbons (Fsp3) is 0.462. The van der Waals surface area contributed by atoms with Crippen molar-refractivity contribution in [3.05, 3.63) is 50.9 Å². The van der Waals surface area contributed by atoms with Gasteiger partial charge in [-0.2, -0.15) is 0 Å². The molecule has 0 aliphatic carbocycles. The van der Waals surface area contributed by atoms with Crippen LogP contribution in [-0.2, 0) is 22.6 Å². The number of hydrogen-bond donors (Lipinski definition) is 0. The lowest BCUT2D eigenvalue weighted by molar-refractivity contribution is -0.135. The number of thiophene rings is 1. The van der Waals surface area contributed by atoms with Crippen LogP contribution in [0, 0.1) is 6.92 Å². The maximum Gasteiger partial charge on any atom is 0.264 e. The maximum absolute atomic E-state index is 13.4. The Morgan fingerprint density at radius 1 is 1.00 bits per heavy atom. The summed E-state index contributed by atoms with van der Waals surface area (Å²) >= 11 is 1.24. The molecule has 2 amide bonds. The quantitative estimate of drug-likeness (QED) is 0.478. The molecule has 2 fully saturated rings. The molecule has 0 atom stereocenters. The van der Waals surface area contributed by atoms with E-state index in [1.807, 2.05) is 23.1 Å². The van der Waals surface area contributed by atoms with Crippen molar-refractivity contribution in [2.75, 3.05) is 59.3 Å². The molecule has 6 rings (SSSR count). The van der Waals surface area contributed by atoms with E-state index < -0.39 is 0 Å². The van der Waals surface area contributed by atoms with Gasteiger partial charge >= 0.3 is 0 Å². The first-order valence-corrected chi connectivity index (χ1v) is 13.5. The van der Waals surface area contributed by atoms with Gasteiger partial charge in [-0.25, -0.2) is 4.98 Å². The van der Waals surface area contributed by atoms with Gasteiger partial charge in [-0.15, -0.1) is 11.3 Å². The summed E-state index contributed by atoms with van der Waals surface area (Å²) in [5.74, 6) is 1.32. The largest absolute Gasteiger partial charge is 0.454 e. The van der Waals surface area contributed by atoms with Gasteiger partial charge in [-0.05, 0) is 30.2 Å². The Balaban J connectivity index is 1.12. The second kappa shape index (κ2) is 10.4. The van der Waals surface area contributed by atoms with E-state index in [9.17, 15) is 14.4 Å². The summed E-state index contributed by atoms with van der Waals surface area (Å²) in [6.07, 6.45) is 1.40. The number of amides is 2. The Morgan fingerprint density at radius 3 is 2.55 bits per heavy atom. The fourth-order valence-electron chi connectivity index (χ4n) is 5.08. The molecular weight excluding hydrogens is 510 g/mol. The third-order valence-electron chi connectivity index (χ3n) is 7.28. The van der Waals surface area contributed by atoms with E-state index in [0.29, 0.717) is 60.1 Å². The number of hydrogen-bond acceptors (Lipinski definition) is 9. The first-order valence-electron chi connectivity index (χ1n) is 12.7. The van der Waals surface area contributed by atoms with Crippen molar-refractivity contribution in [2.45, 2.75) is 20.0 Å². The number of benzene rings is 1. The van der Waals surface area contributed by atoms with Crippen molar-refractivity contribution in [1.82, 2.24) is 24.3 Å². The minimum atomic E-state index is -0.294. The topological polar surface area (TPSA) is 106 Å². The van der Waals surface area contributed by atoms with Crippen molar-refractivity contribution in [3.8, 4) is 11.5 Å². The molecule has 38 heavy (non-hydrogen) atoms. The monoisotopic (exact) mass is 539 g/mol. The van der Waals surface area contributed by atoms with Crippen molar-refractivity contribution in [1.29, 1.82) is 0 Å². The van der Waals surface area contributed by atoms with Gasteiger partial charge in [0.05, 0.1) is 29.8 Å². The van der Waals surface area contributed by atoms with Crippen LogP contribution < -0.4 is 15.0 Å². The van der Waals surface area contributed by atoms with E-state index in [1.54, 1.807) is 11.8 Å². The molecule has 0 N–H and O–H groups in total. The van der Waals surface area contributed by atoms with Gasteiger partial charge in [0.15, 0.2) is 11.5 Å². The van der Waals surface area contributed by atoms with E-state index in [-0.39, 0.29) is 30.7 Å². The van der Waals surface area contributed by atoms with E-state index in [1.165, 1.54) is 22.2 Å². The lowest BCUT2D eigenvalue weighted by Gasteiger charge is -2.34. The number of rotatable bonds is 5. The third kappa shape index (κ3) is 4.74. The van der Waals surface area contributed by atoms with Gasteiger partial charge in [0, 0.05) is 45.8 Å². The predicted octanol–water partition coefficient (Wildman–Crippen LogP) is 1.31. The van der Waals surface area contributed by atoms with Gasteiger partial charge in [-0.3, -0.25) is 23.9 Å². The number of fused-ring (bicyclic) bond motifs is 2. The molecule has 0 radical (unpaired) electrons. The number of aromatic nitrogens is 2. The molecule has 2 saturated heterocycles. The lowest BCUT2D eigenvalue weighted by atomic mass is 10.1. The van der Waals surface area contributed by atoms with E-state index in [2.05, 4.69) is 9.88 Å². The third-order valence-corrected chi connectivity index (χ3v) is 8.47. The summed E-state index contributed by atoms with van der Waals surface area (Å²) in [7, 11) is 0. The number of aryl methyl sites for hydroxylation is 1. The highest BCUT2D eigenvalue weighted by Gasteiger charge is 2.27. The van der Waals surface area contributed by atoms with Gasteiger partial charge in [0.2, 0.25) is 12.7 Å². The molecule has 3 aliphatic heterocycles. The Kier molecular flexibility index (Phi) is 6.76. The summed E-state index contributed by atoms with van der Waals surface area (Å²) in [4.78, 5) is 50.7. The van der Waals surface area contributed by atoms with Crippen LogP contribution >= 0.6 is 11.3 Å². The molecule has 11 nitrogen and oxygen atoms in total. The fourth-order valence-corrected chi connectivity index (χ4v) is 6.19. The van der Waals surface area contributed by atoms with Crippen LogP contribution in [0.2, 0.25) is 0 Å². The molecule has 3 aromatic rings. The van der Waals surface area contributed by atoms with Crippen LogP contribution in [0.15, 0.2) is 29.3 Å². The van der Waals surface area contributed by atoms with Crippen molar-refractivity contribution in [2.24, 2.45) is 0 Å². The van der Waals surface area contributed by atoms with Crippen LogP contribution in [0.1, 0.15) is 20.8 Å². The summed E-state index contributed by atoms with van der Waals surface area (Å²) < 4.78 is 17.5. The standard InChI is InChI=1S/C26H29N5O6S/c1-17-22-24(27-15-31(25(22)33)14-21(32)29-8-10-35-11-9-29)38-23(17)26(34)30-6-4-28(5-7-30)13-18-2-3-19-20(12-18)37-16-36-19/h2-3,12,15H,4-11,13-14,16H2,1H3. The summed E-state index contributed by atoms with van der Waals surface area (Å²) in [5.41, 5.74) is 1.48. The molecular formula is C26H29N5O6S. The molecule has 200 valence electrons. The van der Waals surface area contributed by atoms with E-state index in [4.69, 9.17) is 14.2 Å². The summed E-state index contributed by atoms with van der Waals surface area (Å²) in [6.45, 7) is 7.47. The zero-order valence-corrected chi connectivity index (χ0v) is 22.0. The second-order valence-corrected chi connectivity index (χ2v) is 10.7. The van der Waals surface area contributed by atoms with E-state index in [0.717, 1.165) is 36.7 Å². The highest BCUT2D eigenvalue weighted by Crippen LogP contribution is 2.33. The minimum Gasteiger partial charge on any atom is -0.454 e. The molecule has 1 aromatic carbocycles. The number of nitrogens with zero attached hydrogens (tertiary/aromatic N) is 5. The van der Waals surface area contributed by atoms with Gasteiger partial charge in [0.25, 0.3) is 11.5 Å². The Hall–Kier alpha value is -3.48. The van der Waals surface area contributed by atoms with Crippen molar-refractivity contribution in [3.63, 3.8) is 0 Å². The lowest BCUT2D eigenvalue weighted by Crippen LogP contribution is -2.48. The van der Waals surface area contributed by atoms with Crippen molar-refractivity contribution < 1.29 is 23.8 Å². The minimum absolute atomic E-state index is 0.0777. The second-order valence-electron chi connectivity index (χ2n) is 9.66. The Morgan fingerprint density at radius 2 is 1.76 bits per heavy atom. The van der Waals surface area contributed by atoms with Crippen LogP contribution in [0.4, 0.5) is 0 Å². The van der Waals surface area contributed by atoms with E-state index >= 15 is 0 Å². The van der Waals surface area contributed by atoms with Crippen LogP contribution in [-0.4, -0.2) is 95.3 Å². The molecule has 2 aromatic heterocycles. The zero-order valence-electron chi connectivity index (χ0n) is 21.2. The van der Waals surface area contributed by atoms with Gasteiger partial charge in [-0.1, -0.05) is 6.07 Å². The average Bonchev–Trinajstić information content (AvgIpc) is 3.55. The molecule has 0 unspecified atom stereocenters.